The number of ether oxygens (including phenoxy) is 1. The summed E-state index contributed by atoms with van der Waals surface area (Å²) >= 11 is 0. The molecule has 0 unspecified atom stereocenters. The van der Waals surface area contributed by atoms with Gasteiger partial charge in [-0.25, -0.2) is 15.3 Å². The molecular formula is C16H20N6O4. The first kappa shape index (κ1) is 18.9. The third-order valence-corrected chi connectivity index (χ3v) is 2.99. The quantitative estimate of drug-likeness (QED) is 0.391. The van der Waals surface area contributed by atoms with Gasteiger partial charge in [0.05, 0.1) is 12.3 Å². The molecule has 1 heterocycles. The Hall–Kier alpha value is -3.43. The van der Waals surface area contributed by atoms with Gasteiger partial charge in [-0.1, -0.05) is 12.1 Å². The van der Waals surface area contributed by atoms with Gasteiger partial charge in [-0.05, 0) is 31.5 Å². The fraction of sp³-hybridized carbons (Fsp3) is 0.312. The topological polar surface area (TPSA) is 141 Å². The van der Waals surface area contributed by atoms with Crippen molar-refractivity contribution in [3.63, 3.8) is 0 Å². The summed E-state index contributed by atoms with van der Waals surface area (Å²) in [5.41, 5.74) is 1.81. The summed E-state index contributed by atoms with van der Waals surface area (Å²) in [6.07, 6.45) is 1.64. The Kier molecular flexibility index (Phi) is 6.66. The molecule has 2 rings (SSSR count). The lowest BCUT2D eigenvalue weighted by molar-refractivity contribution is -0.120. The molecule has 10 heteroatoms. The van der Waals surface area contributed by atoms with Crippen LogP contribution in [-0.4, -0.2) is 40.0 Å². The van der Waals surface area contributed by atoms with Crippen molar-refractivity contribution < 1.29 is 9.53 Å². The smallest absolute Gasteiger partial charge is 0.342 e. The maximum atomic E-state index is 11.7. The maximum Gasteiger partial charge on any atom is 0.342 e. The minimum Gasteiger partial charge on any atom is -0.491 e. The van der Waals surface area contributed by atoms with Crippen LogP contribution in [0.15, 0.2) is 39.0 Å². The molecule has 0 aliphatic heterocycles. The fourth-order valence-electron chi connectivity index (χ4n) is 1.94. The van der Waals surface area contributed by atoms with Gasteiger partial charge < -0.3 is 10.1 Å². The normalized spacial score (nSPS) is 10.9. The lowest BCUT2D eigenvalue weighted by Gasteiger charge is -2.09. The summed E-state index contributed by atoms with van der Waals surface area (Å²) in [6.45, 7) is 4.03. The molecule has 0 fully saturated rings. The maximum absolute atomic E-state index is 11.7. The van der Waals surface area contributed by atoms with E-state index in [4.69, 9.17) is 4.74 Å². The molecule has 0 radical (unpaired) electrons. The number of amides is 1. The Morgan fingerprint density at radius 3 is 2.92 bits per heavy atom. The third-order valence-electron chi connectivity index (χ3n) is 2.99. The fourth-order valence-corrected chi connectivity index (χ4v) is 1.94. The number of anilines is 1. The minimum absolute atomic E-state index is 0.0636. The molecule has 0 bridgehead atoms. The van der Waals surface area contributed by atoms with Crippen LogP contribution in [0.25, 0.3) is 0 Å². The highest BCUT2D eigenvalue weighted by Crippen LogP contribution is 2.13. The van der Waals surface area contributed by atoms with E-state index < -0.39 is 11.2 Å². The lowest BCUT2D eigenvalue weighted by Crippen LogP contribution is -2.28. The number of nitrogens with zero attached hydrogens (tertiary/aromatic N) is 2. The molecule has 0 saturated carbocycles. The van der Waals surface area contributed by atoms with Crippen molar-refractivity contribution in [1.29, 1.82) is 0 Å². The van der Waals surface area contributed by atoms with Gasteiger partial charge in [0.1, 0.15) is 5.75 Å². The predicted molar refractivity (Wildman–Crippen MR) is 96.5 cm³/mol. The molecule has 0 aliphatic rings. The molecule has 26 heavy (non-hydrogen) atoms. The van der Waals surface area contributed by atoms with Crippen LogP contribution < -0.4 is 26.7 Å². The SMILES string of the molecule is CC(C)Oc1cccc(/C=N/NC(=O)CCNc2n[nH]c(=O)[nH]c2=O)c1. The number of hydrazone groups is 1. The van der Waals surface area contributed by atoms with Crippen LogP contribution in [0.5, 0.6) is 5.75 Å². The Morgan fingerprint density at radius 2 is 2.19 bits per heavy atom. The number of aromatic nitrogens is 3. The van der Waals surface area contributed by atoms with Crippen molar-refractivity contribution in [1.82, 2.24) is 20.6 Å². The summed E-state index contributed by atoms with van der Waals surface area (Å²) in [6, 6.07) is 7.32. The van der Waals surface area contributed by atoms with Crippen LogP contribution in [0.2, 0.25) is 0 Å². The first-order valence-corrected chi connectivity index (χ1v) is 7.95. The number of carbonyl (C=O) groups excluding carboxylic acids is 1. The van der Waals surface area contributed by atoms with E-state index in [1.165, 1.54) is 6.21 Å². The van der Waals surface area contributed by atoms with Crippen LogP contribution in [0.4, 0.5) is 5.82 Å². The van der Waals surface area contributed by atoms with Gasteiger partial charge in [-0.2, -0.15) is 5.10 Å². The van der Waals surface area contributed by atoms with Gasteiger partial charge in [0, 0.05) is 13.0 Å². The molecule has 1 aromatic carbocycles. The van der Waals surface area contributed by atoms with Gasteiger partial charge in [0.2, 0.25) is 11.7 Å². The number of H-pyrrole nitrogens is 2. The van der Waals surface area contributed by atoms with E-state index in [9.17, 15) is 14.4 Å². The molecule has 138 valence electrons. The van der Waals surface area contributed by atoms with E-state index >= 15 is 0 Å². The zero-order chi connectivity index (χ0) is 18.9. The standard InChI is InChI=1S/C16H20N6O4/c1-10(2)26-12-5-3-4-11(8-12)9-18-20-13(23)6-7-17-14-15(24)19-16(25)22-21-14/h3-5,8-10H,6-7H2,1-2H3,(H,17,21)(H,20,23)(H2,19,22,24,25)/b18-9+. The minimum atomic E-state index is -0.699. The molecule has 0 aliphatic carbocycles. The van der Waals surface area contributed by atoms with Crippen LogP contribution in [0.3, 0.4) is 0 Å². The molecule has 1 aromatic heterocycles. The van der Waals surface area contributed by atoms with E-state index in [2.05, 4.69) is 26.0 Å². The van der Waals surface area contributed by atoms with Crippen molar-refractivity contribution >= 4 is 17.9 Å². The Balaban J connectivity index is 1.78. The highest BCUT2D eigenvalue weighted by molar-refractivity contribution is 5.82. The third kappa shape index (κ3) is 6.23. The highest BCUT2D eigenvalue weighted by atomic mass is 16.5. The second-order valence-corrected chi connectivity index (χ2v) is 5.56. The Labute approximate surface area is 148 Å². The number of hydrogen-bond acceptors (Lipinski definition) is 7. The number of rotatable bonds is 8. The molecule has 4 N–H and O–H groups in total. The molecule has 0 atom stereocenters. The highest BCUT2D eigenvalue weighted by Gasteiger charge is 2.04. The zero-order valence-electron chi connectivity index (χ0n) is 14.4. The molecule has 1 amide bonds. The van der Waals surface area contributed by atoms with Crippen molar-refractivity contribution in [2.75, 3.05) is 11.9 Å². The number of carbonyl (C=O) groups is 1. The molecule has 0 spiro atoms. The van der Waals surface area contributed by atoms with E-state index in [0.717, 1.165) is 11.3 Å². The molecule has 10 nitrogen and oxygen atoms in total. The first-order valence-electron chi connectivity index (χ1n) is 7.95. The van der Waals surface area contributed by atoms with Gasteiger partial charge in [0.25, 0.3) is 5.56 Å². The zero-order valence-corrected chi connectivity index (χ0v) is 14.4. The Bertz CT molecular complexity index is 887. The van der Waals surface area contributed by atoms with Gasteiger partial charge in [-0.15, -0.1) is 5.10 Å². The van der Waals surface area contributed by atoms with Gasteiger partial charge >= 0.3 is 5.69 Å². The average molecular weight is 360 g/mol. The molecule has 2 aromatic rings. The van der Waals surface area contributed by atoms with Crippen molar-refractivity contribution in [3.8, 4) is 5.75 Å². The van der Waals surface area contributed by atoms with Crippen molar-refractivity contribution in [2.24, 2.45) is 5.10 Å². The van der Waals surface area contributed by atoms with Crippen LogP contribution in [-0.2, 0) is 4.79 Å². The van der Waals surface area contributed by atoms with E-state index in [0.29, 0.717) is 0 Å². The second kappa shape index (κ2) is 9.16. The summed E-state index contributed by atoms with van der Waals surface area (Å²) in [7, 11) is 0. The summed E-state index contributed by atoms with van der Waals surface area (Å²) in [5, 5.41) is 12.2. The molecule has 0 saturated heterocycles. The van der Waals surface area contributed by atoms with E-state index in [1.54, 1.807) is 0 Å². The van der Waals surface area contributed by atoms with E-state index in [-0.39, 0.29) is 30.8 Å². The number of nitrogens with one attached hydrogen (secondary N) is 4. The van der Waals surface area contributed by atoms with E-state index in [1.807, 2.05) is 43.1 Å². The summed E-state index contributed by atoms with van der Waals surface area (Å²) in [4.78, 5) is 36.0. The summed E-state index contributed by atoms with van der Waals surface area (Å²) < 4.78 is 5.58. The Morgan fingerprint density at radius 1 is 1.38 bits per heavy atom. The second-order valence-electron chi connectivity index (χ2n) is 5.56. The van der Waals surface area contributed by atoms with Gasteiger partial charge in [0.15, 0.2) is 0 Å². The van der Waals surface area contributed by atoms with Gasteiger partial charge in [-0.3, -0.25) is 14.6 Å². The number of aromatic amines is 2. The van der Waals surface area contributed by atoms with Crippen LogP contribution >= 0.6 is 0 Å². The van der Waals surface area contributed by atoms with Crippen molar-refractivity contribution in [3.05, 3.63) is 50.7 Å². The van der Waals surface area contributed by atoms with Crippen molar-refractivity contribution in [2.45, 2.75) is 26.4 Å². The van der Waals surface area contributed by atoms with Crippen LogP contribution in [0.1, 0.15) is 25.8 Å². The number of benzene rings is 1. The predicted octanol–water partition coefficient (Wildman–Crippen LogP) is 0.198. The largest absolute Gasteiger partial charge is 0.491 e. The van der Waals surface area contributed by atoms with Crippen LogP contribution in [0, 0.1) is 0 Å². The number of hydrogen-bond donors (Lipinski definition) is 4. The lowest BCUT2D eigenvalue weighted by atomic mass is 10.2. The molecular weight excluding hydrogens is 340 g/mol. The summed E-state index contributed by atoms with van der Waals surface area (Å²) in [5.74, 6) is 0.310. The monoisotopic (exact) mass is 360 g/mol. The average Bonchev–Trinajstić information content (AvgIpc) is 2.56. The first-order chi connectivity index (χ1) is 12.4.